The summed E-state index contributed by atoms with van der Waals surface area (Å²) in [6, 6.07) is 4.60. The van der Waals surface area contributed by atoms with Crippen LogP contribution in [-0.2, 0) is 11.0 Å². The molecule has 2 unspecified atom stereocenters. The number of piperazine rings is 1. The molecule has 1 aromatic heterocycles. The SMILES string of the molecule is CC1C(=O)NCCN1C(=O)NC(c1ccc(C(F)(F)F)nc1)c1ccc(Cl)c(Cl)c1. The molecule has 1 fully saturated rings. The molecule has 6 nitrogen and oxygen atoms in total. The maximum Gasteiger partial charge on any atom is 0.433 e. The van der Waals surface area contributed by atoms with E-state index in [4.69, 9.17) is 23.2 Å². The zero-order valence-electron chi connectivity index (χ0n) is 15.6. The second-order valence-corrected chi connectivity index (χ2v) is 7.51. The van der Waals surface area contributed by atoms with Crippen LogP contribution in [0, 0.1) is 0 Å². The fourth-order valence-corrected chi connectivity index (χ4v) is 3.37. The first kappa shape index (κ1) is 22.2. The van der Waals surface area contributed by atoms with Crippen molar-refractivity contribution >= 4 is 35.1 Å². The minimum Gasteiger partial charge on any atom is -0.353 e. The van der Waals surface area contributed by atoms with Crippen LogP contribution in [0.4, 0.5) is 18.0 Å². The maximum atomic E-state index is 12.9. The Morgan fingerprint density at radius 2 is 1.93 bits per heavy atom. The average molecular weight is 461 g/mol. The van der Waals surface area contributed by atoms with Gasteiger partial charge in [0.1, 0.15) is 11.7 Å². The van der Waals surface area contributed by atoms with Crippen LogP contribution in [0.15, 0.2) is 36.5 Å². The van der Waals surface area contributed by atoms with Gasteiger partial charge in [0.25, 0.3) is 0 Å². The van der Waals surface area contributed by atoms with Gasteiger partial charge in [-0.1, -0.05) is 35.3 Å². The largest absolute Gasteiger partial charge is 0.433 e. The Hall–Kier alpha value is -2.52. The Morgan fingerprint density at radius 1 is 1.23 bits per heavy atom. The van der Waals surface area contributed by atoms with Crippen LogP contribution in [0.5, 0.6) is 0 Å². The van der Waals surface area contributed by atoms with Gasteiger partial charge in [-0.2, -0.15) is 13.2 Å². The molecule has 2 N–H and O–H groups in total. The highest BCUT2D eigenvalue weighted by Crippen LogP contribution is 2.31. The minimum atomic E-state index is -4.59. The molecule has 2 atom stereocenters. The van der Waals surface area contributed by atoms with Crippen LogP contribution in [0.2, 0.25) is 10.0 Å². The van der Waals surface area contributed by atoms with Gasteiger partial charge >= 0.3 is 12.2 Å². The van der Waals surface area contributed by atoms with Crippen molar-refractivity contribution in [1.82, 2.24) is 20.5 Å². The Labute approximate surface area is 180 Å². The van der Waals surface area contributed by atoms with E-state index in [0.717, 1.165) is 12.3 Å². The van der Waals surface area contributed by atoms with E-state index >= 15 is 0 Å². The predicted octanol–water partition coefficient (Wildman–Crippen LogP) is 4.03. The fourth-order valence-electron chi connectivity index (χ4n) is 3.06. The number of urea groups is 1. The van der Waals surface area contributed by atoms with Gasteiger partial charge in [-0.25, -0.2) is 4.79 Å². The Morgan fingerprint density at radius 3 is 2.53 bits per heavy atom. The molecule has 2 aromatic rings. The van der Waals surface area contributed by atoms with Crippen molar-refractivity contribution in [2.24, 2.45) is 0 Å². The van der Waals surface area contributed by atoms with Crippen molar-refractivity contribution in [3.63, 3.8) is 0 Å². The molecule has 0 bridgehead atoms. The van der Waals surface area contributed by atoms with Crippen molar-refractivity contribution in [3.8, 4) is 0 Å². The molecule has 1 aromatic carbocycles. The van der Waals surface area contributed by atoms with Crippen LogP contribution in [-0.4, -0.2) is 41.0 Å². The van der Waals surface area contributed by atoms with Crippen molar-refractivity contribution < 1.29 is 22.8 Å². The van der Waals surface area contributed by atoms with Crippen LogP contribution in [0.3, 0.4) is 0 Å². The van der Waals surface area contributed by atoms with E-state index in [9.17, 15) is 22.8 Å². The van der Waals surface area contributed by atoms with E-state index in [-0.39, 0.29) is 22.5 Å². The molecule has 11 heteroatoms. The van der Waals surface area contributed by atoms with Gasteiger partial charge < -0.3 is 15.5 Å². The summed E-state index contributed by atoms with van der Waals surface area (Å²) in [6.45, 7) is 2.18. The summed E-state index contributed by atoms with van der Waals surface area (Å²) in [5, 5.41) is 5.93. The molecule has 0 radical (unpaired) electrons. The molecule has 1 aliphatic heterocycles. The van der Waals surface area contributed by atoms with E-state index in [1.165, 1.54) is 23.1 Å². The smallest absolute Gasteiger partial charge is 0.353 e. The van der Waals surface area contributed by atoms with Crippen molar-refractivity contribution in [2.75, 3.05) is 13.1 Å². The molecular formula is C19H17Cl2F3N4O2. The third-order valence-corrected chi connectivity index (χ3v) is 5.45. The summed E-state index contributed by atoms with van der Waals surface area (Å²) >= 11 is 12.0. The molecule has 0 spiro atoms. The first-order valence-corrected chi connectivity index (χ1v) is 9.66. The maximum absolute atomic E-state index is 12.9. The number of rotatable bonds is 3. The van der Waals surface area contributed by atoms with Crippen LogP contribution < -0.4 is 10.6 Å². The van der Waals surface area contributed by atoms with Crippen molar-refractivity contribution in [3.05, 3.63) is 63.4 Å². The van der Waals surface area contributed by atoms with Crippen LogP contribution >= 0.6 is 23.2 Å². The molecule has 2 heterocycles. The summed E-state index contributed by atoms with van der Waals surface area (Å²) in [6.07, 6.45) is -3.54. The summed E-state index contributed by atoms with van der Waals surface area (Å²) in [5.41, 5.74) is -0.246. The van der Waals surface area contributed by atoms with Crippen LogP contribution in [0.1, 0.15) is 29.8 Å². The van der Waals surface area contributed by atoms with Gasteiger partial charge in [0.05, 0.1) is 16.1 Å². The van der Waals surface area contributed by atoms with Crippen LogP contribution in [0.25, 0.3) is 0 Å². The van der Waals surface area contributed by atoms with Gasteiger partial charge in [0, 0.05) is 19.3 Å². The highest BCUT2D eigenvalue weighted by Gasteiger charge is 2.33. The number of aromatic nitrogens is 1. The van der Waals surface area contributed by atoms with Gasteiger partial charge in [-0.3, -0.25) is 9.78 Å². The Kier molecular flexibility index (Phi) is 6.42. The lowest BCUT2D eigenvalue weighted by Gasteiger charge is -2.34. The summed E-state index contributed by atoms with van der Waals surface area (Å²) < 4.78 is 38.6. The average Bonchev–Trinajstić information content (AvgIpc) is 2.69. The van der Waals surface area contributed by atoms with E-state index < -0.39 is 30.0 Å². The number of hydrogen-bond donors (Lipinski definition) is 2. The number of nitrogens with zero attached hydrogens (tertiary/aromatic N) is 2. The van der Waals surface area contributed by atoms with Crippen molar-refractivity contribution in [1.29, 1.82) is 0 Å². The molecule has 0 aliphatic carbocycles. The summed E-state index contributed by atoms with van der Waals surface area (Å²) in [7, 11) is 0. The normalized spacial score (nSPS) is 18.0. The zero-order valence-corrected chi connectivity index (χ0v) is 17.1. The molecule has 160 valence electrons. The van der Waals surface area contributed by atoms with E-state index in [0.29, 0.717) is 17.7 Å². The molecule has 1 aliphatic rings. The second kappa shape index (κ2) is 8.69. The predicted molar refractivity (Wildman–Crippen MR) is 105 cm³/mol. The van der Waals surface area contributed by atoms with Gasteiger partial charge in [0.15, 0.2) is 0 Å². The highest BCUT2D eigenvalue weighted by molar-refractivity contribution is 6.42. The third kappa shape index (κ3) is 4.79. The topological polar surface area (TPSA) is 74.3 Å². The highest BCUT2D eigenvalue weighted by atomic mass is 35.5. The molecule has 3 amide bonds. The zero-order chi connectivity index (χ0) is 22.1. The minimum absolute atomic E-state index is 0.221. The number of hydrogen-bond acceptors (Lipinski definition) is 3. The molecule has 30 heavy (non-hydrogen) atoms. The van der Waals surface area contributed by atoms with Gasteiger partial charge in [-0.15, -0.1) is 0 Å². The number of benzene rings is 1. The molecule has 3 rings (SSSR count). The van der Waals surface area contributed by atoms with Crippen molar-refractivity contribution in [2.45, 2.75) is 25.2 Å². The molecule has 1 saturated heterocycles. The fraction of sp³-hybridized carbons (Fsp3) is 0.316. The number of carbonyl (C=O) groups excluding carboxylic acids is 2. The second-order valence-electron chi connectivity index (χ2n) is 6.69. The van der Waals surface area contributed by atoms with Gasteiger partial charge in [-0.05, 0) is 36.2 Å². The lowest BCUT2D eigenvalue weighted by molar-refractivity contribution is -0.141. The lowest BCUT2D eigenvalue weighted by Crippen LogP contribution is -2.58. The number of carbonyl (C=O) groups is 2. The van der Waals surface area contributed by atoms with E-state index in [1.807, 2.05) is 0 Å². The Bertz CT molecular complexity index is 954. The number of amides is 3. The Balaban J connectivity index is 1.94. The monoisotopic (exact) mass is 460 g/mol. The van der Waals surface area contributed by atoms with Gasteiger partial charge in [0.2, 0.25) is 5.91 Å². The lowest BCUT2D eigenvalue weighted by atomic mass is 10.00. The van der Waals surface area contributed by atoms with E-state index in [2.05, 4.69) is 15.6 Å². The number of nitrogens with one attached hydrogen (secondary N) is 2. The quantitative estimate of drug-likeness (QED) is 0.725. The third-order valence-electron chi connectivity index (χ3n) is 4.71. The standard InChI is InChI=1S/C19H17Cl2F3N4O2/c1-10-17(29)25-6-7-28(10)18(30)27-16(11-2-4-13(20)14(21)8-11)12-3-5-15(26-9-12)19(22,23)24/h2-5,8-10,16H,6-7H2,1H3,(H,25,29)(H,27,30). The molecule has 0 saturated carbocycles. The number of halogens is 5. The summed E-state index contributed by atoms with van der Waals surface area (Å²) in [4.78, 5) is 29.5. The first-order valence-electron chi connectivity index (χ1n) is 8.91. The molecular weight excluding hydrogens is 444 g/mol. The number of pyridine rings is 1. The number of alkyl halides is 3. The van der Waals surface area contributed by atoms with E-state index in [1.54, 1.807) is 13.0 Å². The summed E-state index contributed by atoms with van der Waals surface area (Å²) in [5.74, 6) is -0.293. The first-order chi connectivity index (χ1) is 14.1.